The zero-order valence-electron chi connectivity index (χ0n) is 11.7. The number of rotatable bonds is 6. The smallest absolute Gasteiger partial charge is 0.0778 e. The second-order valence-electron chi connectivity index (χ2n) is 5.67. The first-order valence-corrected chi connectivity index (χ1v) is 8.71. The van der Waals surface area contributed by atoms with E-state index >= 15 is 0 Å². The van der Waals surface area contributed by atoms with E-state index in [0.717, 1.165) is 24.8 Å². The summed E-state index contributed by atoms with van der Waals surface area (Å²) >= 11 is 3.67. The van der Waals surface area contributed by atoms with Gasteiger partial charge in [-0.25, -0.2) is 0 Å². The minimum absolute atomic E-state index is 0.118. The first-order valence-electron chi connectivity index (χ1n) is 7.58. The van der Waals surface area contributed by atoms with Crippen molar-refractivity contribution < 1.29 is 4.74 Å². The van der Waals surface area contributed by atoms with Crippen LogP contribution in [-0.4, -0.2) is 17.5 Å². The Bertz CT molecular complexity index is 342. The lowest BCUT2D eigenvalue weighted by atomic mass is 9.96. The normalized spacial score (nSPS) is 19.0. The van der Waals surface area contributed by atoms with E-state index in [9.17, 15) is 0 Å². The van der Waals surface area contributed by atoms with Crippen LogP contribution in [0.4, 0.5) is 0 Å². The van der Waals surface area contributed by atoms with E-state index in [0.29, 0.717) is 0 Å². The molecule has 0 radical (unpaired) electrons. The van der Waals surface area contributed by atoms with E-state index in [2.05, 4.69) is 46.3 Å². The van der Waals surface area contributed by atoms with Crippen LogP contribution in [0.5, 0.6) is 0 Å². The summed E-state index contributed by atoms with van der Waals surface area (Å²) in [5.41, 5.74) is 1.53. The van der Waals surface area contributed by atoms with Crippen LogP contribution in [0, 0.1) is 0 Å². The first kappa shape index (κ1) is 15.1. The van der Waals surface area contributed by atoms with Crippen LogP contribution in [0.2, 0.25) is 0 Å². The fraction of sp³-hybridized carbons (Fsp3) is 0.647. The Morgan fingerprint density at radius 1 is 1.00 bits per heavy atom. The minimum Gasteiger partial charge on any atom is -0.374 e. The molecule has 19 heavy (non-hydrogen) atoms. The Kier molecular flexibility index (Phi) is 6.39. The number of aryl methyl sites for hydroxylation is 1. The molecule has 0 aliphatic heterocycles. The molecule has 1 aliphatic rings. The summed E-state index contributed by atoms with van der Waals surface area (Å²) in [6.07, 6.45) is 10.1. The van der Waals surface area contributed by atoms with Crippen molar-refractivity contribution in [2.75, 3.05) is 11.9 Å². The maximum absolute atomic E-state index is 6.27. The zero-order chi connectivity index (χ0) is 13.4. The van der Waals surface area contributed by atoms with Gasteiger partial charge in [-0.1, -0.05) is 71.9 Å². The lowest BCUT2D eigenvalue weighted by Crippen LogP contribution is -2.34. The summed E-state index contributed by atoms with van der Waals surface area (Å²) in [4.78, 5) is 0. The lowest BCUT2D eigenvalue weighted by molar-refractivity contribution is -0.0382. The third-order valence-electron chi connectivity index (χ3n) is 4.12. The van der Waals surface area contributed by atoms with Crippen molar-refractivity contribution in [3.8, 4) is 0 Å². The molecule has 0 amide bonds. The van der Waals surface area contributed by atoms with Crippen LogP contribution in [0.25, 0.3) is 0 Å². The highest BCUT2D eigenvalue weighted by molar-refractivity contribution is 9.09. The number of halogens is 1. The van der Waals surface area contributed by atoms with Crippen LogP contribution in [0.15, 0.2) is 30.3 Å². The van der Waals surface area contributed by atoms with Crippen LogP contribution in [0.1, 0.15) is 50.5 Å². The summed E-state index contributed by atoms with van der Waals surface area (Å²) in [5.74, 6) is 0. The highest BCUT2D eigenvalue weighted by atomic mass is 79.9. The predicted molar refractivity (Wildman–Crippen MR) is 84.9 cm³/mol. The van der Waals surface area contributed by atoms with E-state index in [1.165, 1.54) is 44.1 Å². The Balaban J connectivity index is 1.73. The number of hydrogen-bond donors (Lipinski definition) is 0. The summed E-state index contributed by atoms with van der Waals surface area (Å²) < 4.78 is 6.27. The van der Waals surface area contributed by atoms with E-state index < -0.39 is 0 Å². The Labute approximate surface area is 125 Å². The topological polar surface area (TPSA) is 9.23 Å². The average Bonchev–Trinajstić information content (AvgIpc) is 2.71. The van der Waals surface area contributed by atoms with Gasteiger partial charge in [-0.3, -0.25) is 0 Å². The molecule has 1 aliphatic carbocycles. The van der Waals surface area contributed by atoms with Gasteiger partial charge in [0, 0.05) is 11.9 Å². The molecule has 0 N–H and O–H groups in total. The standard InChI is InChI=1S/C17H25BrO/c18-15-17(12-6-1-2-7-13-17)19-14-8-11-16-9-4-3-5-10-16/h3-5,9-10H,1-2,6-8,11-15H2. The molecule has 1 nitrogen and oxygen atoms in total. The summed E-state index contributed by atoms with van der Waals surface area (Å²) in [7, 11) is 0. The van der Waals surface area contributed by atoms with Crippen LogP contribution < -0.4 is 0 Å². The largest absolute Gasteiger partial charge is 0.374 e. The van der Waals surface area contributed by atoms with Crippen LogP contribution in [0.3, 0.4) is 0 Å². The average molecular weight is 325 g/mol. The molecule has 1 aromatic carbocycles. The molecule has 0 spiro atoms. The summed E-state index contributed by atoms with van der Waals surface area (Å²) in [6.45, 7) is 0.889. The monoisotopic (exact) mass is 324 g/mol. The van der Waals surface area contributed by atoms with Gasteiger partial charge in [0.05, 0.1) is 5.60 Å². The highest BCUT2D eigenvalue weighted by Gasteiger charge is 2.30. The number of alkyl halides is 1. The van der Waals surface area contributed by atoms with Gasteiger partial charge in [-0.15, -0.1) is 0 Å². The summed E-state index contributed by atoms with van der Waals surface area (Å²) in [5, 5.41) is 0.991. The highest BCUT2D eigenvalue weighted by Crippen LogP contribution is 2.32. The third-order valence-corrected chi connectivity index (χ3v) is 5.14. The van der Waals surface area contributed by atoms with Crippen molar-refractivity contribution in [1.82, 2.24) is 0 Å². The van der Waals surface area contributed by atoms with Crippen LogP contribution >= 0.6 is 15.9 Å². The van der Waals surface area contributed by atoms with Crippen molar-refractivity contribution in [3.05, 3.63) is 35.9 Å². The molecular weight excluding hydrogens is 300 g/mol. The number of hydrogen-bond acceptors (Lipinski definition) is 1. The lowest BCUT2D eigenvalue weighted by Gasteiger charge is -2.31. The van der Waals surface area contributed by atoms with E-state index in [-0.39, 0.29) is 5.60 Å². The second-order valence-corrected chi connectivity index (χ2v) is 6.23. The molecular formula is C17H25BrO. The fourth-order valence-corrected chi connectivity index (χ4v) is 3.62. The predicted octanol–water partition coefficient (Wildman–Crippen LogP) is 5.12. The molecule has 1 fully saturated rings. The Morgan fingerprint density at radius 3 is 2.32 bits per heavy atom. The molecule has 2 heteroatoms. The summed E-state index contributed by atoms with van der Waals surface area (Å²) in [6, 6.07) is 10.7. The van der Waals surface area contributed by atoms with Crippen molar-refractivity contribution in [2.24, 2.45) is 0 Å². The van der Waals surface area contributed by atoms with Crippen molar-refractivity contribution in [3.63, 3.8) is 0 Å². The SMILES string of the molecule is BrCC1(OCCCc2ccccc2)CCCCCC1. The van der Waals surface area contributed by atoms with Gasteiger partial charge in [0.15, 0.2) is 0 Å². The van der Waals surface area contributed by atoms with Gasteiger partial charge in [0.2, 0.25) is 0 Å². The van der Waals surface area contributed by atoms with Crippen molar-refractivity contribution in [1.29, 1.82) is 0 Å². The molecule has 1 saturated carbocycles. The first-order chi connectivity index (χ1) is 9.35. The van der Waals surface area contributed by atoms with Crippen molar-refractivity contribution >= 4 is 15.9 Å². The molecule has 106 valence electrons. The minimum atomic E-state index is 0.118. The van der Waals surface area contributed by atoms with E-state index in [1.54, 1.807) is 0 Å². The fourth-order valence-electron chi connectivity index (χ4n) is 2.90. The number of benzene rings is 1. The van der Waals surface area contributed by atoms with Gasteiger partial charge in [-0.2, -0.15) is 0 Å². The van der Waals surface area contributed by atoms with Gasteiger partial charge in [0.25, 0.3) is 0 Å². The number of ether oxygens (including phenoxy) is 1. The Hall–Kier alpha value is -0.340. The second kappa shape index (κ2) is 8.06. The molecule has 0 atom stereocenters. The molecule has 0 aromatic heterocycles. The molecule has 0 heterocycles. The quantitative estimate of drug-likeness (QED) is 0.400. The molecule has 0 bridgehead atoms. The molecule has 0 unspecified atom stereocenters. The van der Waals surface area contributed by atoms with Gasteiger partial charge in [-0.05, 0) is 31.2 Å². The van der Waals surface area contributed by atoms with E-state index in [4.69, 9.17) is 4.74 Å². The van der Waals surface area contributed by atoms with Gasteiger partial charge < -0.3 is 4.74 Å². The maximum atomic E-state index is 6.27. The molecule has 2 rings (SSSR count). The van der Waals surface area contributed by atoms with Crippen LogP contribution in [-0.2, 0) is 11.2 Å². The molecule has 1 aromatic rings. The maximum Gasteiger partial charge on any atom is 0.0778 e. The zero-order valence-corrected chi connectivity index (χ0v) is 13.3. The third kappa shape index (κ3) is 4.92. The van der Waals surface area contributed by atoms with Gasteiger partial charge >= 0.3 is 0 Å². The van der Waals surface area contributed by atoms with Crippen molar-refractivity contribution in [2.45, 2.75) is 57.0 Å². The molecule has 0 saturated heterocycles. The van der Waals surface area contributed by atoms with E-state index in [1.807, 2.05) is 0 Å². The van der Waals surface area contributed by atoms with Gasteiger partial charge in [0.1, 0.15) is 0 Å². The Morgan fingerprint density at radius 2 is 1.68 bits per heavy atom.